The lowest BCUT2D eigenvalue weighted by Crippen LogP contribution is -2.23. The van der Waals surface area contributed by atoms with Crippen LogP contribution in [0.5, 0.6) is 0 Å². The zero-order chi connectivity index (χ0) is 19.2. The van der Waals surface area contributed by atoms with Gasteiger partial charge < -0.3 is 9.47 Å². The van der Waals surface area contributed by atoms with E-state index in [0.717, 1.165) is 11.4 Å². The Kier molecular flexibility index (Phi) is 6.20. The Labute approximate surface area is 164 Å². The van der Waals surface area contributed by atoms with E-state index in [0.29, 0.717) is 9.47 Å². The second kappa shape index (κ2) is 8.78. The van der Waals surface area contributed by atoms with Gasteiger partial charge in [-0.05, 0) is 0 Å². The van der Waals surface area contributed by atoms with Gasteiger partial charge in [-0.1, -0.05) is 53.4 Å². The Bertz CT molecular complexity index is 922. The number of rotatable bonds is 7. The van der Waals surface area contributed by atoms with E-state index in [1.54, 1.807) is 31.1 Å². The number of aromatic nitrogens is 4. The van der Waals surface area contributed by atoms with E-state index in [1.807, 2.05) is 30.3 Å². The summed E-state index contributed by atoms with van der Waals surface area (Å²) >= 11 is 2.54. The molecule has 2 amide bonds. The monoisotopic (exact) mass is 402 g/mol. The summed E-state index contributed by atoms with van der Waals surface area (Å²) in [7, 11) is 3.41. The van der Waals surface area contributed by atoms with Crippen molar-refractivity contribution in [2.45, 2.75) is 10.9 Å². The standard InChI is InChI=1S/C17H18N6O2S2/c1-22(2)14(25)11-26-17-21-20-16(27-17)19-13(24)10-23-9-8-18-15(23)12-6-4-3-5-7-12/h3-9H,10-11H2,1-2H3,(H,19,20,24). The van der Waals surface area contributed by atoms with Gasteiger partial charge in [0.15, 0.2) is 4.34 Å². The van der Waals surface area contributed by atoms with Gasteiger partial charge in [-0.15, -0.1) is 10.2 Å². The summed E-state index contributed by atoms with van der Waals surface area (Å²) in [5, 5.41) is 11.1. The van der Waals surface area contributed by atoms with E-state index in [-0.39, 0.29) is 24.1 Å². The van der Waals surface area contributed by atoms with Gasteiger partial charge in [0.25, 0.3) is 0 Å². The van der Waals surface area contributed by atoms with E-state index >= 15 is 0 Å². The smallest absolute Gasteiger partial charge is 0.246 e. The van der Waals surface area contributed by atoms with Crippen molar-refractivity contribution in [3.05, 3.63) is 42.7 Å². The highest BCUT2D eigenvalue weighted by Crippen LogP contribution is 2.25. The summed E-state index contributed by atoms with van der Waals surface area (Å²) in [5.74, 6) is 0.781. The minimum absolute atomic E-state index is 0.00525. The molecule has 0 spiro atoms. The predicted molar refractivity (Wildman–Crippen MR) is 106 cm³/mol. The first kappa shape index (κ1) is 19.1. The molecule has 0 bridgehead atoms. The van der Waals surface area contributed by atoms with Crippen molar-refractivity contribution in [2.24, 2.45) is 0 Å². The zero-order valence-corrected chi connectivity index (χ0v) is 16.5. The van der Waals surface area contributed by atoms with Crippen LogP contribution in [0.15, 0.2) is 47.1 Å². The lowest BCUT2D eigenvalue weighted by molar-refractivity contribution is -0.125. The second-order valence-corrected chi connectivity index (χ2v) is 7.94. The molecule has 0 aliphatic carbocycles. The first-order valence-electron chi connectivity index (χ1n) is 8.06. The number of nitrogens with zero attached hydrogens (tertiary/aromatic N) is 5. The summed E-state index contributed by atoms with van der Waals surface area (Å²) < 4.78 is 2.41. The predicted octanol–water partition coefficient (Wildman–Crippen LogP) is 2.22. The van der Waals surface area contributed by atoms with Crippen LogP contribution in [0.4, 0.5) is 5.13 Å². The molecule has 0 saturated heterocycles. The molecular formula is C17H18N6O2S2. The average Bonchev–Trinajstić information content (AvgIpc) is 3.29. The van der Waals surface area contributed by atoms with Crippen LogP contribution in [0.1, 0.15) is 0 Å². The highest BCUT2D eigenvalue weighted by atomic mass is 32.2. The maximum Gasteiger partial charge on any atom is 0.246 e. The molecule has 0 atom stereocenters. The lowest BCUT2D eigenvalue weighted by Gasteiger charge is -2.08. The number of carbonyl (C=O) groups is 2. The van der Waals surface area contributed by atoms with Crippen molar-refractivity contribution in [3.63, 3.8) is 0 Å². The fourth-order valence-corrected chi connectivity index (χ4v) is 3.92. The van der Waals surface area contributed by atoms with Crippen molar-refractivity contribution < 1.29 is 9.59 Å². The largest absolute Gasteiger partial charge is 0.348 e. The van der Waals surface area contributed by atoms with E-state index in [1.165, 1.54) is 28.0 Å². The van der Waals surface area contributed by atoms with Gasteiger partial charge in [0.05, 0.1) is 5.75 Å². The third kappa shape index (κ3) is 5.14. The molecule has 27 heavy (non-hydrogen) atoms. The Morgan fingerprint density at radius 1 is 1.22 bits per heavy atom. The molecule has 10 heteroatoms. The number of amides is 2. The van der Waals surface area contributed by atoms with Crippen molar-refractivity contribution in [1.82, 2.24) is 24.6 Å². The van der Waals surface area contributed by atoms with Gasteiger partial charge in [0.2, 0.25) is 16.9 Å². The fraction of sp³-hybridized carbons (Fsp3) is 0.235. The second-order valence-electron chi connectivity index (χ2n) is 5.74. The third-order valence-corrected chi connectivity index (χ3v) is 5.49. The molecule has 8 nitrogen and oxygen atoms in total. The Morgan fingerprint density at radius 2 is 2.00 bits per heavy atom. The third-order valence-electron chi connectivity index (χ3n) is 3.53. The van der Waals surface area contributed by atoms with Crippen LogP contribution in [-0.2, 0) is 16.1 Å². The molecule has 2 heterocycles. The molecule has 0 unspecified atom stereocenters. The van der Waals surface area contributed by atoms with Crippen LogP contribution < -0.4 is 5.32 Å². The zero-order valence-electron chi connectivity index (χ0n) is 14.8. The molecular weight excluding hydrogens is 384 g/mol. The molecule has 0 aliphatic rings. The summed E-state index contributed by atoms with van der Waals surface area (Å²) in [6.45, 7) is 0.116. The van der Waals surface area contributed by atoms with Crippen LogP contribution in [0.2, 0.25) is 0 Å². The number of carbonyl (C=O) groups excluding carboxylic acids is 2. The van der Waals surface area contributed by atoms with Crippen molar-refractivity contribution in [3.8, 4) is 11.4 Å². The van der Waals surface area contributed by atoms with E-state index < -0.39 is 0 Å². The van der Waals surface area contributed by atoms with Crippen LogP contribution in [-0.4, -0.2) is 56.3 Å². The van der Waals surface area contributed by atoms with Crippen LogP contribution in [0.25, 0.3) is 11.4 Å². The maximum absolute atomic E-state index is 12.3. The van der Waals surface area contributed by atoms with E-state index in [9.17, 15) is 9.59 Å². The van der Waals surface area contributed by atoms with Gasteiger partial charge in [-0.25, -0.2) is 4.98 Å². The van der Waals surface area contributed by atoms with Crippen LogP contribution in [0, 0.1) is 0 Å². The summed E-state index contributed by atoms with van der Waals surface area (Å²) in [6, 6.07) is 9.67. The molecule has 140 valence electrons. The molecule has 1 aromatic carbocycles. The Hall–Kier alpha value is -2.72. The van der Waals surface area contributed by atoms with Gasteiger partial charge in [0.1, 0.15) is 12.4 Å². The number of hydrogen-bond acceptors (Lipinski definition) is 7. The van der Waals surface area contributed by atoms with Gasteiger partial charge >= 0.3 is 0 Å². The molecule has 0 fully saturated rings. The molecule has 3 rings (SSSR count). The van der Waals surface area contributed by atoms with Crippen molar-refractivity contribution in [2.75, 3.05) is 25.2 Å². The topological polar surface area (TPSA) is 93.0 Å². The lowest BCUT2D eigenvalue weighted by atomic mass is 10.2. The number of imidazole rings is 1. The number of nitrogens with one attached hydrogen (secondary N) is 1. The Morgan fingerprint density at radius 3 is 2.74 bits per heavy atom. The molecule has 0 radical (unpaired) electrons. The average molecular weight is 403 g/mol. The highest BCUT2D eigenvalue weighted by Gasteiger charge is 2.13. The molecule has 0 aliphatic heterocycles. The summed E-state index contributed by atoms with van der Waals surface area (Å²) in [5.41, 5.74) is 0.940. The maximum atomic E-state index is 12.3. The Balaban J connectivity index is 1.58. The van der Waals surface area contributed by atoms with Crippen LogP contribution in [0.3, 0.4) is 0 Å². The quantitative estimate of drug-likeness (QED) is 0.481. The SMILES string of the molecule is CN(C)C(=O)CSc1nnc(NC(=O)Cn2ccnc2-c2ccccc2)s1. The minimum atomic E-state index is -0.220. The number of thioether (sulfide) groups is 1. The number of benzene rings is 1. The van der Waals surface area contributed by atoms with Gasteiger partial charge in [-0.2, -0.15) is 0 Å². The summed E-state index contributed by atoms with van der Waals surface area (Å²) in [6.07, 6.45) is 3.42. The summed E-state index contributed by atoms with van der Waals surface area (Å²) in [4.78, 5) is 29.8. The molecule has 2 aromatic heterocycles. The normalized spacial score (nSPS) is 10.6. The van der Waals surface area contributed by atoms with Gasteiger partial charge in [-0.3, -0.25) is 14.9 Å². The number of hydrogen-bond donors (Lipinski definition) is 1. The molecule has 0 saturated carbocycles. The first-order valence-corrected chi connectivity index (χ1v) is 9.86. The van der Waals surface area contributed by atoms with Crippen molar-refractivity contribution >= 4 is 40.0 Å². The van der Waals surface area contributed by atoms with E-state index in [4.69, 9.17) is 0 Å². The first-order chi connectivity index (χ1) is 13.0. The molecule has 1 N–H and O–H groups in total. The van der Waals surface area contributed by atoms with Crippen molar-refractivity contribution in [1.29, 1.82) is 0 Å². The minimum Gasteiger partial charge on any atom is -0.348 e. The highest BCUT2D eigenvalue weighted by molar-refractivity contribution is 8.01. The van der Waals surface area contributed by atoms with E-state index in [2.05, 4.69) is 20.5 Å². The fourth-order valence-electron chi connectivity index (χ4n) is 2.17. The molecule has 3 aromatic rings. The number of anilines is 1. The van der Waals surface area contributed by atoms with Gasteiger partial charge in [0, 0.05) is 32.1 Å². The van der Waals surface area contributed by atoms with Crippen LogP contribution >= 0.6 is 23.1 Å².